The van der Waals surface area contributed by atoms with Crippen LogP contribution in [-0.2, 0) is 11.8 Å². The van der Waals surface area contributed by atoms with E-state index in [1.54, 1.807) is 7.11 Å². The molecular weight excluding hydrogens is 192 g/mol. The van der Waals surface area contributed by atoms with Gasteiger partial charge in [-0.05, 0) is 6.92 Å². The molecule has 0 aliphatic carbocycles. The first-order valence-electron chi connectivity index (χ1n) is 4.74. The van der Waals surface area contributed by atoms with Crippen molar-refractivity contribution in [3.8, 4) is 0 Å². The van der Waals surface area contributed by atoms with E-state index in [-0.39, 0.29) is 0 Å². The highest BCUT2D eigenvalue weighted by molar-refractivity contribution is 5.89. The van der Waals surface area contributed by atoms with Crippen LogP contribution in [-0.4, -0.2) is 29.5 Å². The standard InChI is InChI=1S/C10H14N4O/c1-8-9(6-12-13(8)2)14-5-4-10(15-3)11-7-14/h4-6H,7H2,1-3H3. The van der Waals surface area contributed by atoms with Crippen LogP contribution in [0.15, 0.2) is 23.5 Å². The largest absolute Gasteiger partial charge is 0.481 e. The van der Waals surface area contributed by atoms with Crippen LogP contribution in [0, 0.1) is 6.92 Å². The van der Waals surface area contributed by atoms with Gasteiger partial charge in [-0.1, -0.05) is 0 Å². The normalized spacial score (nSPS) is 15.4. The Hall–Kier alpha value is -1.78. The lowest BCUT2D eigenvalue weighted by Crippen LogP contribution is -2.22. The summed E-state index contributed by atoms with van der Waals surface area (Å²) in [7, 11) is 3.55. The van der Waals surface area contributed by atoms with Crippen molar-refractivity contribution in [2.24, 2.45) is 12.0 Å². The highest BCUT2D eigenvalue weighted by Crippen LogP contribution is 2.20. The predicted octanol–water partition coefficient (Wildman–Crippen LogP) is 1.06. The fourth-order valence-corrected chi connectivity index (χ4v) is 1.46. The molecule has 1 aromatic heterocycles. The van der Waals surface area contributed by atoms with Crippen LogP contribution in [0.4, 0.5) is 5.69 Å². The van der Waals surface area contributed by atoms with Crippen molar-refractivity contribution in [1.82, 2.24) is 9.78 Å². The Morgan fingerprint density at radius 3 is 2.73 bits per heavy atom. The summed E-state index contributed by atoms with van der Waals surface area (Å²) in [4.78, 5) is 6.29. The van der Waals surface area contributed by atoms with Crippen molar-refractivity contribution < 1.29 is 4.74 Å². The first kappa shape index (κ1) is 9.76. The van der Waals surface area contributed by atoms with Crippen LogP contribution in [0.3, 0.4) is 0 Å². The minimum Gasteiger partial charge on any atom is -0.481 e. The van der Waals surface area contributed by atoms with Gasteiger partial charge < -0.3 is 9.64 Å². The third-order valence-electron chi connectivity index (χ3n) is 2.50. The predicted molar refractivity (Wildman–Crippen MR) is 58.9 cm³/mol. The highest BCUT2D eigenvalue weighted by atomic mass is 16.5. The minimum absolute atomic E-state index is 0.576. The second kappa shape index (κ2) is 3.76. The smallest absolute Gasteiger partial charge is 0.211 e. The number of nitrogens with zero attached hydrogens (tertiary/aromatic N) is 4. The van der Waals surface area contributed by atoms with Gasteiger partial charge >= 0.3 is 0 Å². The van der Waals surface area contributed by atoms with Gasteiger partial charge in [0, 0.05) is 19.3 Å². The average Bonchev–Trinajstić information content (AvgIpc) is 2.60. The van der Waals surface area contributed by atoms with E-state index in [0.717, 1.165) is 11.4 Å². The lowest BCUT2D eigenvalue weighted by molar-refractivity contribution is 0.403. The Bertz CT molecular complexity index is 419. The van der Waals surface area contributed by atoms with Gasteiger partial charge in [0.2, 0.25) is 5.90 Å². The molecule has 0 bridgehead atoms. The monoisotopic (exact) mass is 206 g/mol. The second-order valence-corrected chi connectivity index (χ2v) is 3.37. The molecule has 0 saturated carbocycles. The Balaban J connectivity index is 2.19. The first-order chi connectivity index (χ1) is 7.22. The topological polar surface area (TPSA) is 42.6 Å². The van der Waals surface area contributed by atoms with Crippen molar-refractivity contribution in [3.05, 3.63) is 24.2 Å². The minimum atomic E-state index is 0.576. The fourth-order valence-electron chi connectivity index (χ4n) is 1.46. The summed E-state index contributed by atoms with van der Waals surface area (Å²) in [5, 5.41) is 4.19. The van der Waals surface area contributed by atoms with Crippen LogP contribution < -0.4 is 4.90 Å². The van der Waals surface area contributed by atoms with Crippen molar-refractivity contribution in [1.29, 1.82) is 0 Å². The lowest BCUT2D eigenvalue weighted by Gasteiger charge is -2.20. The summed E-state index contributed by atoms with van der Waals surface area (Å²) in [5.74, 6) is 0.660. The number of ether oxygens (including phenoxy) is 1. The third kappa shape index (κ3) is 1.72. The van der Waals surface area contributed by atoms with Gasteiger partial charge in [-0.15, -0.1) is 0 Å². The zero-order valence-corrected chi connectivity index (χ0v) is 9.14. The molecule has 2 heterocycles. The number of hydrogen-bond acceptors (Lipinski definition) is 4. The zero-order valence-electron chi connectivity index (χ0n) is 9.14. The first-order valence-corrected chi connectivity index (χ1v) is 4.74. The maximum Gasteiger partial charge on any atom is 0.211 e. The number of hydrogen-bond donors (Lipinski definition) is 0. The molecule has 1 aliphatic heterocycles. The van der Waals surface area contributed by atoms with Gasteiger partial charge in [0.25, 0.3) is 0 Å². The Labute approximate surface area is 88.7 Å². The van der Waals surface area contributed by atoms with Gasteiger partial charge in [0.05, 0.1) is 24.7 Å². The summed E-state index contributed by atoms with van der Waals surface area (Å²) < 4.78 is 6.87. The molecule has 80 valence electrons. The van der Waals surface area contributed by atoms with E-state index in [0.29, 0.717) is 12.6 Å². The van der Waals surface area contributed by atoms with E-state index in [1.165, 1.54) is 0 Å². The van der Waals surface area contributed by atoms with Crippen molar-refractivity contribution in [3.63, 3.8) is 0 Å². The molecular formula is C10H14N4O. The van der Waals surface area contributed by atoms with Crippen LogP contribution in [0.5, 0.6) is 0 Å². The Morgan fingerprint density at radius 1 is 1.47 bits per heavy atom. The second-order valence-electron chi connectivity index (χ2n) is 3.37. The lowest BCUT2D eigenvalue weighted by atomic mass is 10.3. The number of aryl methyl sites for hydroxylation is 1. The van der Waals surface area contributed by atoms with Crippen molar-refractivity contribution in [2.75, 3.05) is 18.7 Å². The summed E-state index contributed by atoms with van der Waals surface area (Å²) in [6.45, 7) is 2.61. The van der Waals surface area contributed by atoms with Gasteiger partial charge in [-0.25, -0.2) is 4.99 Å². The van der Waals surface area contributed by atoms with Crippen LogP contribution >= 0.6 is 0 Å². The zero-order chi connectivity index (χ0) is 10.8. The maximum absolute atomic E-state index is 5.03. The van der Waals surface area contributed by atoms with Crippen molar-refractivity contribution >= 4 is 11.6 Å². The average molecular weight is 206 g/mol. The molecule has 0 amide bonds. The molecule has 0 unspecified atom stereocenters. The Kier molecular flexibility index (Phi) is 2.45. The van der Waals surface area contributed by atoms with Gasteiger partial charge in [-0.3, -0.25) is 4.68 Å². The van der Waals surface area contributed by atoms with E-state index < -0.39 is 0 Å². The summed E-state index contributed by atoms with van der Waals surface area (Å²) in [5.41, 5.74) is 2.20. The molecule has 1 aliphatic rings. The molecule has 1 aromatic rings. The van der Waals surface area contributed by atoms with Gasteiger partial charge in [-0.2, -0.15) is 5.10 Å². The van der Waals surface area contributed by atoms with E-state index in [2.05, 4.69) is 10.1 Å². The third-order valence-corrected chi connectivity index (χ3v) is 2.50. The number of aromatic nitrogens is 2. The maximum atomic E-state index is 5.03. The van der Waals surface area contributed by atoms with Crippen LogP contribution in [0.2, 0.25) is 0 Å². The van der Waals surface area contributed by atoms with E-state index in [4.69, 9.17) is 4.74 Å². The molecule has 5 heteroatoms. The van der Waals surface area contributed by atoms with Gasteiger partial charge in [0.1, 0.15) is 6.67 Å². The molecule has 0 spiro atoms. The quantitative estimate of drug-likeness (QED) is 0.690. The molecule has 0 radical (unpaired) electrons. The van der Waals surface area contributed by atoms with Crippen molar-refractivity contribution in [2.45, 2.75) is 6.92 Å². The van der Waals surface area contributed by atoms with E-state index in [9.17, 15) is 0 Å². The van der Waals surface area contributed by atoms with E-state index >= 15 is 0 Å². The molecule has 0 atom stereocenters. The molecule has 0 aromatic carbocycles. The van der Waals surface area contributed by atoms with Crippen LogP contribution in [0.1, 0.15) is 5.69 Å². The molecule has 15 heavy (non-hydrogen) atoms. The molecule has 0 fully saturated rings. The summed E-state index contributed by atoms with van der Waals surface area (Å²) in [6, 6.07) is 0. The highest BCUT2D eigenvalue weighted by Gasteiger charge is 2.12. The molecule has 5 nitrogen and oxygen atoms in total. The molecule has 0 N–H and O–H groups in total. The number of aliphatic imine (C=N–C) groups is 1. The Morgan fingerprint density at radius 2 is 2.27 bits per heavy atom. The number of methoxy groups -OCH3 is 1. The van der Waals surface area contributed by atoms with Crippen LogP contribution in [0.25, 0.3) is 0 Å². The summed E-state index contributed by atoms with van der Waals surface area (Å²) in [6.07, 6.45) is 5.64. The summed E-state index contributed by atoms with van der Waals surface area (Å²) >= 11 is 0. The number of anilines is 1. The van der Waals surface area contributed by atoms with Gasteiger partial charge in [0.15, 0.2) is 0 Å². The molecule has 2 rings (SSSR count). The SMILES string of the molecule is COC1=NCN(c2cnn(C)c2C)C=C1. The molecule has 0 saturated heterocycles. The fraction of sp³-hybridized carbons (Fsp3) is 0.400. The number of rotatable bonds is 1. The van der Waals surface area contributed by atoms with E-state index in [1.807, 2.05) is 42.0 Å².